The van der Waals surface area contributed by atoms with Crippen molar-refractivity contribution in [1.29, 1.82) is 0 Å². The van der Waals surface area contributed by atoms with Crippen LogP contribution in [0.4, 0.5) is 24.0 Å². The number of amides is 2. The second kappa shape index (κ2) is 6.67. The molecule has 1 aliphatic heterocycles. The van der Waals surface area contributed by atoms with Crippen molar-refractivity contribution in [1.82, 2.24) is 10.2 Å². The molecule has 1 saturated heterocycles. The Bertz CT molecular complexity index is 845. The van der Waals surface area contributed by atoms with Gasteiger partial charge in [-0.2, -0.15) is 13.2 Å². The minimum absolute atomic E-state index is 0.0102. The largest absolute Gasteiger partial charge is 0.445 e. The van der Waals surface area contributed by atoms with E-state index in [1.807, 2.05) is 32.0 Å². The van der Waals surface area contributed by atoms with Gasteiger partial charge in [-0.15, -0.1) is 10.2 Å². The van der Waals surface area contributed by atoms with Crippen LogP contribution in [0, 0.1) is 19.8 Å². The van der Waals surface area contributed by atoms with Gasteiger partial charge in [-0.25, -0.2) is 0 Å². The normalized spacial score (nSPS) is 17.7. The number of hydrogen-bond acceptors (Lipinski definition) is 5. The molecule has 0 aliphatic carbocycles. The molecular weight excluding hydrogens is 369 g/mol. The predicted octanol–water partition coefficient (Wildman–Crippen LogP) is 3.17. The van der Waals surface area contributed by atoms with E-state index in [1.165, 1.54) is 4.90 Å². The van der Waals surface area contributed by atoms with Crippen LogP contribution in [-0.2, 0) is 15.8 Å². The van der Waals surface area contributed by atoms with Crippen LogP contribution in [0.1, 0.15) is 22.6 Å². The number of alkyl halides is 3. The quantitative estimate of drug-likeness (QED) is 0.882. The Morgan fingerprint density at radius 2 is 1.88 bits per heavy atom. The highest BCUT2D eigenvalue weighted by molar-refractivity contribution is 7.15. The SMILES string of the molecule is Cc1cc(C)cc(N2CC(C(=O)Nc3nnc(C(F)(F)F)s3)CC2=O)c1. The molecule has 0 bridgehead atoms. The van der Waals surface area contributed by atoms with E-state index < -0.39 is 23.0 Å². The number of carbonyl (C=O) groups is 2. The number of carbonyl (C=O) groups excluding carboxylic acids is 2. The fraction of sp³-hybridized carbons (Fsp3) is 0.375. The topological polar surface area (TPSA) is 75.2 Å². The highest BCUT2D eigenvalue weighted by Gasteiger charge is 2.38. The van der Waals surface area contributed by atoms with Gasteiger partial charge in [-0.3, -0.25) is 9.59 Å². The van der Waals surface area contributed by atoms with Crippen LogP contribution >= 0.6 is 11.3 Å². The number of halogens is 3. The van der Waals surface area contributed by atoms with E-state index in [-0.39, 0.29) is 35.3 Å². The summed E-state index contributed by atoms with van der Waals surface area (Å²) in [6.45, 7) is 3.99. The Morgan fingerprint density at radius 1 is 1.23 bits per heavy atom. The molecule has 1 aromatic heterocycles. The number of aryl methyl sites for hydroxylation is 2. The third-order valence-corrected chi connectivity index (χ3v) is 4.80. The van der Waals surface area contributed by atoms with Gasteiger partial charge in [0, 0.05) is 18.7 Å². The average molecular weight is 384 g/mol. The van der Waals surface area contributed by atoms with Gasteiger partial charge < -0.3 is 10.2 Å². The molecule has 6 nitrogen and oxygen atoms in total. The number of nitrogens with zero attached hydrogens (tertiary/aromatic N) is 3. The molecular formula is C16H15F3N4O2S. The summed E-state index contributed by atoms with van der Waals surface area (Å²) in [4.78, 5) is 26.1. The van der Waals surface area contributed by atoms with Crippen LogP contribution in [0.25, 0.3) is 0 Å². The average Bonchev–Trinajstić information content (AvgIpc) is 3.12. The minimum Gasteiger partial charge on any atom is -0.312 e. The van der Waals surface area contributed by atoms with E-state index in [2.05, 4.69) is 15.5 Å². The minimum atomic E-state index is -4.61. The molecule has 138 valence electrons. The Labute approximate surface area is 151 Å². The third kappa shape index (κ3) is 3.85. The van der Waals surface area contributed by atoms with Gasteiger partial charge in [0.2, 0.25) is 22.0 Å². The van der Waals surface area contributed by atoms with E-state index in [9.17, 15) is 22.8 Å². The molecule has 1 aliphatic rings. The van der Waals surface area contributed by atoms with Crippen molar-refractivity contribution < 1.29 is 22.8 Å². The second-order valence-electron chi connectivity index (χ2n) is 6.15. The second-order valence-corrected chi connectivity index (χ2v) is 7.13. The van der Waals surface area contributed by atoms with Crippen LogP contribution in [0.3, 0.4) is 0 Å². The molecule has 0 radical (unpaired) electrons. The van der Waals surface area contributed by atoms with Crippen molar-refractivity contribution in [2.75, 3.05) is 16.8 Å². The van der Waals surface area contributed by atoms with Crippen molar-refractivity contribution >= 4 is 34.0 Å². The molecule has 2 aromatic rings. The van der Waals surface area contributed by atoms with Crippen LogP contribution in [0.15, 0.2) is 18.2 Å². The summed E-state index contributed by atoms with van der Waals surface area (Å²) in [6, 6.07) is 5.68. The fourth-order valence-electron chi connectivity index (χ4n) is 2.83. The predicted molar refractivity (Wildman–Crippen MR) is 89.9 cm³/mol. The molecule has 1 aromatic carbocycles. The summed E-state index contributed by atoms with van der Waals surface area (Å²) in [7, 11) is 0. The molecule has 1 unspecified atom stereocenters. The van der Waals surface area contributed by atoms with E-state index in [4.69, 9.17) is 0 Å². The molecule has 1 fully saturated rings. The maximum atomic E-state index is 12.5. The lowest BCUT2D eigenvalue weighted by molar-refractivity contribution is -0.138. The van der Waals surface area contributed by atoms with Crippen LogP contribution in [0.5, 0.6) is 0 Å². The van der Waals surface area contributed by atoms with Gasteiger partial charge in [0.1, 0.15) is 0 Å². The van der Waals surface area contributed by atoms with E-state index >= 15 is 0 Å². The summed E-state index contributed by atoms with van der Waals surface area (Å²) in [6.07, 6.45) is -4.62. The van der Waals surface area contributed by atoms with Gasteiger partial charge in [-0.05, 0) is 37.1 Å². The lowest BCUT2D eigenvalue weighted by Gasteiger charge is -2.18. The lowest BCUT2D eigenvalue weighted by atomic mass is 10.1. The van der Waals surface area contributed by atoms with E-state index in [0.29, 0.717) is 5.69 Å². The third-order valence-electron chi connectivity index (χ3n) is 3.91. The highest BCUT2D eigenvalue weighted by Crippen LogP contribution is 2.33. The molecule has 2 heterocycles. The first-order chi connectivity index (χ1) is 12.1. The summed E-state index contributed by atoms with van der Waals surface area (Å²) >= 11 is 0.251. The summed E-state index contributed by atoms with van der Waals surface area (Å²) < 4.78 is 37.6. The van der Waals surface area contributed by atoms with Crippen molar-refractivity contribution in [2.45, 2.75) is 26.4 Å². The summed E-state index contributed by atoms with van der Waals surface area (Å²) in [5.41, 5.74) is 2.70. The number of nitrogens with one attached hydrogen (secondary N) is 1. The standard InChI is InChI=1S/C16H15F3N4O2S/c1-8-3-9(2)5-11(4-8)23-7-10(6-12(23)24)13(25)20-15-22-21-14(26-15)16(17,18)19/h3-5,10H,6-7H2,1-2H3,(H,20,22,25). The number of anilines is 2. The van der Waals surface area contributed by atoms with Crippen LogP contribution in [0.2, 0.25) is 0 Å². The summed E-state index contributed by atoms with van der Waals surface area (Å²) in [5.74, 6) is -1.42. The van der Waals surface area contributed by atoms with Gasteiger partial charge in [0.25, 0.3) is 0 Å². The first kappa shape index (κ1) is 18.3. The number of rotatable bonds is 3. The van der Waals surface area contributed by atoms with Gasteiger partial charge >= 0.3 is 6.18 Å². The first-order valence-corrected chi connectivity index (χ1v) is 8.55. The molecule has 2 amide bonds. The Balaban J connectivity index is 1.70. The van der Waals surface area contributed by atoms with Crippen LogP contribution < -0.4 is 10.2 Å². The zero-order chi connectivity index (χ0) is 19.1. The Hall–Kier alpha value is -2.49. The maximum Gasteiger partial charge on any atom is 0.445 e. The zero-order valence-corrected chi connectivity index (χ0v) is 14.7. The Morgan fingerprint density at radius 3 is 2.46 bits per heavy atom. The zero-order valence-electron chi connectivity index (χ0n) is 13.9. The van der Waals surface area contributed by atoms with E-state index in [0.717, 1.165) is 11.1 Å². The number of hydrogen-bond donors (Lipinski definition) is 1. The molecule has 1 N–H and O–H groups in total. The van der Waals surface area contributed by atoms with Crippen molar-refractivity contribution in [3.63, 3.8) is 0 Å². The maximum absolute atomic E-state index is 12.5. The smallest absolute Gasteiger partial charge is 0.312 e. The molecule has 0 saturated carbocycles. The fourth-order valence-corrected chi connectivity index (χ4v) is 3.45. The first-order valence-electron chi connectivity index (χ1n) is 7.73. The monoisotopic (exact) mass is 384 g/mol. The molecule has 1 atom stereocenters. The van der Waals surface area contributed by atoms with Crippen molar-refractivity contribution in [3.05, 3.63) is 34.3 Å². The molecule has 10 heteroatoms. The van der Waals surface area contributed by atoms with Gasteiger partial charge in [0.15, 0.2) is 0 Å². The van der Waals surface area contributed by atoms with Crippen molar-refractivity contribution in [3.8, 4) is 0 Å². The number of aromatic nitrogens is 2. The van der Waals surface area contributed by atoms with E-state index in [1.54, 1.807) is 0 Å². The van der Waals surface area contributed by atoms with Crippen molar-refractivity contribution in [2.24, 2.45) is 5.92 Å². The van der Waals surface area contributed by atoms with Crippen LogP contribution in [-0.4, -0.2) is 28.6 Å². The Kier molecular flexibility index (Phi) is 4.70. The number of benzene rings is 1. The molecule has 26 heavy (non-hydrogen) atoms. The lowest BCUT2D eigenvalue weighted by Crippen LogP contribution is -2.28. The highest BCUT2D eigenvalue weighted by atomic mass is 32.1. The molecule has 3 rings (SSSR count). The van der Waals surface area contributed by atoms with Gasteiger partial charge in [0.05, 0.1) is 5.92 Å². The summed E-state index contributed by atoms with van der Waals surface area (Å²) in [5, 5.41) is 7.30. The van der Waals surface area contributed by atoms with Gasteiger partial charge in [-0.1, -0.05) is 17.4 Å². The molecule has 0 spiro atoms.